The summed E-state index contributed by atoms with van der Waals surface area (Å²) in [7, 11) is 0. The molecule has 3 N–H and O–H groups in total. The summed E-state index contributed by atoms with van der Waals surface area (Å²) in [5.41, 5.74) is 8.53. The lowest BCUT2D eigenvalue weighted by Crippen LogP contribution is -2.45. The molecule has 128 valence electrons. The van der Waals surface area contributed by atoms with E-state index in [-0.39, 0.29) is 11.3 Å². The van der Waals surface area contributed by atoms with Crippen molar-refractivity contribution in [2.45, 2.75) is 40.3 Å². The van der Waals surface area contributed by atoms with Gasteiger partial charge in [-0.25, -0.2) is 0 Å². The summed E-state index contributed by atoms with van der Waals surface area (Å²) in [6, 6.07) is 14.9. The fourth-order valence-electron chi connectivity index (χ4n) is 2.26. The summed E-state index contributed by atoms with van der Waals surface area (Å²) in [6.45, 7) is 8.28. The third-order valence-electron chi connectivity index (χ3n) is 4.06. The minimum Gasteiger partial charge on any atom is -0.489 e. The summed E-state index contributed by atoms with van der Waals surface area (Å²) >= 11 is 0. The average molecular weight is 326 g/mol. The van der Waals surface area contributed by atoms with Crippen LogP contribution in [0.15, 0.2) is 48.5 Å². The summed E-state index contributed by atoms with van der Waals surface area (Å²) in [5, 5.41) is 2.94. The van der Waals surface area contributed by atoms with Crippen LogP contribution in [0.2, 0.25) is 0 Å². The Morgan fingerprint density at radius 2 is 1.79 bits per heavy atom. The molecule has 0 saturated heterocycles. The topological polar surface area (TPSA) is 64.3 Å². The van der Waals surface area contributed by atoms with E-state index in [1.54, 1.807) is 0 Å². The van der Waals surface area contributed by atoms with Gasteiger partial charge in [0, 0.05) is 5.69 Å². The molecule has 0 aliphatic heterocycles. The molecule has 2 aromatic carbocycles. The van der Waals surface area contributed by atoms with Gasteiger partial charge in [0.2, 0.25) is 5.91 Å². The Hall–Kier alpha value is -2.33. The predicted molar refractivity (Wildman–Crippen MR) is 98.0 cm³/mol. The number of benzene rings is 2. The maximum atomic E-state index is 12.3. The lowest BCUT2D eigenvalue weighted by molar-refractivity contribution is -0.119. The Kier molecular flexibility index (Phi) is 5.62. The van der Waals surface area contributed by atoms with Crippen molar-refractivity contribution in [3.8, 4) is 5.75 Å². The molecule has 0 heterocycles. The molecule has 24 heavy (non-hydrogen) atoms. The van der Waals surface area contributed by atoms with Crippen LogP contribution in [-0.4, -0.2) is 11.9 Å². The number of hydrogen-bond acceptors (Lipinski definition) is 3. The molecule has 0 bridgehead atoms. The second-order valence-electron chi connectivity index (χ2n) is 7.02. The molecule has 0 aliphatic rings. The van der Waals surface area contributed by atoms with Crippen LogP contribution in [0, 0.1) is 12.3 Å². The van der Waals surface area contributed by atoms with Crippen LogP contribution in [0.5, 0.6) is 5.75 Å². The fourth-order valence-corrected chi connectivity index (χ4v) is 2.26. The molecule has 0 fully saturated rings. The first kappa shape index (κ1) is 18.0. The van der Waals surface area contributed by atoms with Gasteiger partial charge < -0.3 is 15.8 Å². The highest BCUT2D eigenvalue weighted by Crippen LogP contribution is 2.23. The number of nitrogens with one attached hydrogen (secondary N) is 1. The average Bonchev–Trinajstić information content (AvgIpc) is 2.55. The van der Waals surface area contributed by atoms with Crippen molar-refractivity contribution in [1.29, 1.82) is 0 Å². The van der Waals surface area contributed by atoms with Crippen LogP contribution in [0.3, 0.4) is 0 Å². The monoisotopic (exact) mass is 326 g/mol. The standard InChI is InChI=1S/C20H26N2O2/c1-14-15(13-24-16-10-6-5-7-11-16)9-8-12-17(14)22-19(23)18(21)20(2,3)4/h5-12,18H,13,21H2,1-4H3,(H,22,23)/t18-/m1/s1. The number of carbonyl (C=O) groups excluding carboxylic acids is 1. The van der Waals surface area contributed by atoms with Gasteiger partial charge in [0.15, 0.2) is 0 Å². The Morgan fingerprint density at radius 1 is 1.12 bits per heavy atom. The van der Waals surface area contributed by atoms with Crippen molar-refractivity contribution >= 4 is 11.6 Å². The first-order valence-electron chi connectivity index (χ1n) is 8.12. The van der Waals surface area contributed by atoms with Crippen LogP contribution >= 0.6 is 0 Å². The molecule has 2 rings (SSSR count). The van der Waals surface area contributed by atoms with Crippen LogP contribution in [0.4, 0.5) is 5.69 Å². The van der Waals surface area contributed by atoms with Gasteiger partial charge >= 0.3 is 0 Å². The number of carbonyl (C=O) groups is 1. The first-order valence-corrected chi connectivity index (χ1v) is 8.12. The van der Waals surface area contributed by atoms with Crippen LogP contribution in [0.25, 0.3) is 0 Å². The summed E-state index contributed by atoms with van der Waals surface area (Å²) in [4.78, 5) is 12.3. The molecule has 2 aromatic rings. The number of para-hydroxylation sites is 1. The van der Waals surface area contributed by atoms with Crippen molar-refractivity contribution in [3.63, 3.8) is 0 Å². The molecular weight excluding hydrogens is 300 g/mol. The van der Waals surface area contributed by atoms with Gasteiger partial charge in [0.05, 0.1) is 6.04 Å². The van der Waals surface area contributed by atoms with E-state index in [1.807, 2.05) is 76.2 Å². The summed E-state index contributed by atoms with van der Waals surface area (Å²) in [5.74, 6) is 0.646. The van der Waals surface area contributed by atoms with Gasteiger partial charge in [-0.05, 0) is 41.7 Å². The fraction of sp³-hybridized carbons (Fsp3) is 0.350. The zero-order valence-electron chi connectivity index (χ0n) is 14.8. The van der Waals surface area contributed by atoms with Crippen molar-refractivity contribution < 1.29 is 9.53 Å². The second-order valence-corrected chi connectivity index (χ2v) is 7.02. The van der Waals surface area contributed by atoms with Gasteiger partial charge in [-0.3, -0.25) is 4.79 Å². The molecule has 4 heteroatoms. The maximum Gasteiger partial charge on any atom is 0.241 e. The second kappa shape index (κ2) is 7.49. The largest absolute Gasteiger partial charge is 0.489 e. The molecule has 0 aromatic heterocycles. The van der Waals surface area contributed by atoms with Crippen LogP contribution in [-0.2, 0) is 11.4 Å². The van der Waals surface area contributed by atoms with E-state index in [0.29, 0.717) is 6.61 Å². The molecule has 4 nitrogen and oxygen atoms in total. The normalized spacial score (nSPS) is 12.5. The van der Waals surface area contributed by atoms with E-state index >= 15 is 0 Å². The molecule has 0 saturated carbocycles. The highest BCUT2D eigenvalue weighted by Gasteiger charge is 2.27. The van der Waals surface area contributed by atoms with Crippen molar-refractivity contribution in [2.75, 3.05) is 5.32 Å². The summed E-state index contributed by atoms with van der Waals surface area (Å²) in [6.07, 6.45) is 0. The molecular formula is C20H26N2O2. The first-order chi connectivity index (χ1) is 11.3. The van der Waals surface area contributed by atoms with Crippen molar-refractivity contribution in [2.24, 2.45) is 11.1 Å². The highest BCUT2D eigenvalue weighted by molar-refractivity contribution is 5.95. The Labute approximate surface area is 144 Å². The van der Waals surface area contributed by atoms with E-state index in [0.717, 1.165) is 22.6 Å². The lowest BCUT2D eigenvalue weighted by atomic mass is 9.87. The van der Waals surface area contributed by atoms with Crippen LogP contribution < -0.4 is 15.8 Å². The van der Waals surface area contributed by atoms with Gasteiger partial charge in [-0.15, -0.1) is 0 Å². The zero-order valence-corrected chi connectivity index (χ0v) is 14.8. The number of ether oxygens (including phenoxy) is 1. The number of anilines is 1. The maximum absolute atomic E-state index is 12.3. The number of nitrogens with two attached hydrogens (primary N) is 1. The van der Waals surface area contributed by atoms with E-state index < -0.39 is 6.04 Å². The Bertz CT molecular complexity index is 691. The number of amides is 1. The Morgan fingerprint density at radius 3 is 2.42 bits per heavy atom. The van der Waals surface area contributed by atoms with Crippen molar-refractivity contribution in [3.05, 3.63) is 59.7 Å². The zero-order chi connectivity index (χ0) is 17.7. The van der Waals surface area contributed by atoms with Gasteiger partial charge in [-0.1, -0.05) is 51.1 Å². The van der Waals surface area contributed by atoms with E-state index in [2.05, 4.69) is 5.32 Å². The molecule has 0 radical (unpaired) electrons. The minimum absolute atomic E-state index is 0.174. The highest BCUT2D eigenvalue weighted by atomic mass is 16.5. The van der Waals surface area contributed by atoms with Crippen molar-refractivity contribution in [1.82, 2.24) is 0 Å². The number of hydrogen-bond donors (Lipinski definition) is 2. The molecule has 1 atom stereocenters. The van der Waals surface area contributed by atoms with Crippen LogP contribution in [0.1, 0.15) is 31.9 Å². The third kappa shape index (κ3) is 4.59. The predicted octanol–water partition coefficient (Wildman–Crippen LogP) is 3.89. The molecule has 0 aliphatic carbocycles. The summed E-state index contributed by atoms with van der Waals surface area (Å²) < 4.78 is 5.80. The molecule has 0 unspecified atom stereocenters. The van der Waals surface area contributed by atoms with Gasteiger partial charge in [-0.2, -0.15) is 0 Å². The molecule has 0 spiro atoms. The minimum atomic E-state index is -0.568. The third-order valence-corrected chi connectivity index (χ3v) is 4.06. The number of rotatable bonds is 5. The SMILES string of the molecule is Cc1c(COc2ccccc2)cccc1NC(=O)[C@@H](N)C(C)(C)C. The van der Waals surface area contributed by atoms with Gasteiger partial charge in [0.25, 0.3) is 0 Å². The van der Waals surface area contributed by atoms with Gasteiger partial charge in [0.1, 0.15) is 12.4 Å². The van der Waals surface area contributed by atoms with E-state index in [4.69, 9.17) is 10.5 Å². The quantitative estimate of drug-likeness (QED) is 0.876. The molecule has 1 amide bonds. The smallest absolute Gasteiger partial charge is 0.241 e. The Balaban J connectivity index is 2.09. The van der Waals surface area contributed by atoms with E-state index in [9.17, 15) is 4.79 Å². The lowest BCUT2D eigenvalue weighted by Gasteiger charge is -2.26. The van der Waals surface area contributed by atoms with E-state index in [1.165, 1.54) is 0 Å².